The van der Waals surface area contributed by atoms with Crippen LogP contribution < -0.4 is 20.1 Å². The van der Waals surface area contributed by atoms with Crippen molar-refractivity contribution < 1.29 is 14.3 Å². The first-order valence-electron chi connectivity index (χ1n) is 8.65. The largest absolute Gasteiger partial charge is 0.457 e. The molecule has 0 aliphatic carbocycles. The third-order valence-corrected chi connectivity index (χ3v) is 4.04. The van der Waals surface area contributed by atoms with Gasteiger partial charge in [0.1, 0.15) is 23.0 Å². The molecular weight excluding hydrogens is 340 g/mol. The molecule has 0 heterocycles. The monoisotopic (exact) mass is 362 g/mol. The highest BCUT2D eigenvalue weighted by Crippen LogP contribution is 2.31. The lowest BCUT2D eigenvalue weighted by Gasteiger charge is -2.12. The van der Waals surface area contributed by atoms with E-state index in [2.05, 4.69) is 10.6 Å². The Morgan fingerprint density at radius 2 is 1.07 bits per heavy atom. The molecule has 0 aliphatic rings. The van der Waals surface area contributed by atoms with Crippen LogP contribution in [0.4, 0.5) is 11.4 Å². The van der Waals surface area contributed by atoms with Gasteiger partial charge in [0.05, 0.1) is 0 Å². The topological polar surface area (TPSA) is 59.6 Å². The Bertz CT molecular complexity index is 852. The molecule has 3 rings (SSSR count). The van der Waals surface area contributed by atoms with Gasteiger partial charge in [-0.15, -0.1) is 0 Å². The lowest BCUT2D eigenvalue weighted by molar-refractivity contribution is 0.101. The van der Waals surface area contributed by atoms with Gasteiger partial charge >= 0.3 is 0 Å². The fraction of sp³-hybridized carbons (Fsp3) is 0.136. The number of Topliss-reactive ketones (excluding diaryl/α,β-unsaturated/α-hetero) is 1. The van der Waals surface area contributed by atoms with E-state index in [4.69, 9.17) is 9.47 Å². The second-order valence-electron chi connectivity index (χ2n) is 6.00. The second kappa shape index (κ2) is 8.27. The molecule has 0 saturated heterocycles. The maximum Gasteiger partial charge on any atom is 0.160 e. The number of ketones is 1. The van der Waals surface area contributed by atoms with Gasteiger partial charge in [0.25, 0.3) is 0 Å². The quantitative estimate of drug-likeness (QED) is 0.539. The van der Waals surface area contributed by atoms with Crippen molar-refractivity contribution in [2.75, 3.05) is 24.7 Å². The molecule has 138 valence electrons. The summed E-state index contributed by atoms with van der Waals surface area (Å²) in [5.74, 6) is 2.39. The molecule has 0 aromatic heterocycles. The number of carbonyl (C=O) groups is 1. The van der Waals surface area contributed by atoms with Gasteiger partial charge in [0.15, 0.2) is 5.78 Å². The first-order chi connectivity index (χ1) is 13.1. The smallest absolute Gasteiger partial charge is 0.160 e. The van der Waals surface area contributed by atoms with Crippen molar-refractivity contribution >= 4 is 17.2 Å². The Labute approximate surface area is 158 Å². The number of ether oxygens (including phenoxy) is 2. The predicted octanol–water partition coefficient (Wildman–Crippen LogP) is 5.56. The van der Waals surface area contributed by atoms with Crippen LogP contribution in [0.25, 0.3) is 0 Å². The molecule has 5 heteroatoms. The van der Waals surface area contributed by atoms with E-state index in [0.29, 0.717) is 28.6 Å². The summed E-state index contributed by atoms with van der Waals surface area (Å²) >= 11 is 0. The van der Waals surface area contributed by atoms with Crippen LogP contribution in [0, 0.1) is 0 Å². The number of benzene rings is 3. The zero-order valence-corrected chi connectivity index (χ0v) is 15.6. The summed E-state index contributed by atoms with van der Waals surface area (Å²) < 4.78 is 11.8. The molecule has 0 unspecified atom stereocenters. The van der Waals surface area contributed by atoms with Crippen LogP contribution in [0.5, 0.6) is 23.0 Å². The Hall–Kier alpha value is -3.47. The van der Waals surface area contributed by atoms with Gasteiger partial charge in [-0.05, 0) is 67.6 Å². The van der Waals surface area contributed by atoms with Crippen molar-refractivity contribution in [1.29, 1.82) is 0 Å². The minimum atomic E-state index is -0.0543. The van der Waals surface area contributed by atoms with Crippen LogP contribution in [0.2, 0.25) is 0 Å². The molecule has 0 aliphatic heterocycles. The predicted molar refractivity (Wildman–Crippen MR) is 109 cm³/mol. The van der Waals surface area contributed by atoms with Gasteiger partial charge in [-0.1, -0.05) is 0 Å². The number of hydrogen-bond donors (Lipinski definition) is 2. The van der Waals surface area contributed by atoms with Gasteiger partial charge in [-0.25, -0.2) is 0 Å². The maximum atomic E-state index is 11.9. The van der Waals surface area contributed by atoms with Gasteiger partial charge in [-0.2, -0.15) is 0 Å². The Morgan fingerprint density at radius 1 is 0.667 bits per heavy atom. The van der Waals surface area contributed by atoms with Gasteiger partial charge < -0.3 is 20.1 Å². The average molecular weight is 362 g/mol. The zero-order valence-electron chi connectivity index (χ0n) is 15.6. The van der Waals surface area contributed by atoms with Crippen molar-refractivity contribution in [3.63, 3.8) is 0 Å². The molecule has 0 atom stereocenters. The summed E-state index contributed by atoms with van der Waals surface area (Å²) in [5.41, 5.74) is 2.52. The third-order valence-electron chi connectivity index (χ3n) is 4.04. The molecule has 0 bridgehead atoms. The number of nitrogens with one attached hydrogen (secondary N) is 2. The van der Waals surface area contributed by atoms with E-state index < -0.39 is 0 Å². The SMILES string of the molecule is CNc1ccc(Oc2cc(Oc3ccc(NC)cc3)cc(C(C)=O)c2)cc1. The van der Waals surface area contributed by atoms with E-state index in [-0.39, 0.29) is 5.78 Å². The third kappa shape index (κ3) is 4.79. The summed E-state index contributed by atoms with van der Waals surface area (Å²) in [6, 6.07) is 20.3. The number of rotatable bonds is 7. The Balaban J connectivity index is 1.85. The fourth-order valence-electron chi connectivity index (χ4n) is 2.54. The lowest BCUT2D eigenvalue weighted by atomic mass is 10.1. The Kier molecular flexibility index (Phi) is 5.61. The van der Waals surface area contributed by atoms with Crippen LogP contribution in [-0.4, -0.2) is 19.9 Å². The zero-order chi connectivity index (χ0) is 19.2. The summed E-state index contributed by atoms with van der Waals surface area (Å²) in [6.07, 6.45) is 0. The normalized spacial score (nSPS) is 10.2. The summed E-state index contributed by atoms with van der Waals surface area (Å²) in [6.45, 7) is 1.52. The van der Waals surface area contributed by atoms with Crippen LogP contribution in [-0.2, 0) is 0 Å². The van der Waals surface area contributed by atoms with E-state index in [1.807, 2.05) is 62.6 Å². The fourth-order valence-corrected chi connectivity index (χ4v) is 2.54. The summed E-state index contributed by atoms with van der Waals surface area (Å²) in [7, 11) is 3.72. The van der Waals surface area contributed by atoms with Crippen LogP contribution in [0.1, 0.15) is 17.3 Å². The van der Waals surface area contributed by atoms with E-state index in [1.165, 1.54) is 6.92 Å². The average Bonchev–Trinajstić information content (AvgIpc) is 2.69. The van der Waals surface area contributed by atoms with Crippen LogP contribution >= 0.6 is 0 Å². The van der Waals surface area contributed by atoms with E-state index in [1.54, 1.807) is 18.2 Å². The molecule has 0 spiro atoms. The summed E-state index contributed by atoms with van der Waals surface area (Å²) in [4.78, 5) is 11.9. The van der Waals surface area contributed by atoms with Crippen LogP contribution in [0.15, 0.2) is 66.7 Å². The van der Waals surface area contributed by atoms with E-state index in [0.717, 1.165) is 11.4 Å². The minimum absolute atomic E-state index is 0.0543. The van der Waals surface area contributed by atoms with E-state index in [9.17, 15) is 4.79 Å². The highest BCUT2D eigenvalue weighted by molar-refractivity contribution is 5.95. The maximum absolute atomic E-state index is 11.9. The van der Waals surface area contributed by atoms with E-state index >= 15 is 0 Å². The second-order valence-corrected chi connectivity index (χ2v) is 6.00. The molecule has 2 N–H and O–H groups in total. The summed E-state index contributed by atoms with van der Waals surface area (Å²) in [5, 5.41) is 6.12. The van der Waals surface area contributed by atoms with Crippen molar-refractivity contribution in [1.82, 2.24) is 0 Å². The highest BCUT2D eigenvalue weighted by atomic mass is 16.5. The van der Waals surface area contributed by atoms with Crippen molar-refractivity contribution in [2.24, 2.45) is 0 Å². The molecule has 3 aromatic rings. The van der Waals surface area contributed by atoms with Crippen LogP contribution in [0.3, 0.4) is 0 Å². The molecular formula is C22H22N2O3. The van der Waals surface area contributed by atoms with Gasteiger partial charge in [-0.3, -0.25) is 4.79 Å². The minimum Gasteiger partial charge on any atom is -0.457 e. The first kappa shape index (κ1) is 18.3. The lowest BCUT2D eigenvalue weighted by Crippen LogP contribution is -1.96. The molecule has 0 fully saturated rings. The molecule has 5 nitrogen and oxygen atoms in total. The van der Waals surface area contributed by atoms with Gasteiger partial charge in [0, 0.05) is 37.1 Å². The first-order valence-corrected chi connectivity index (χ1v) is 8.65. The number of carbonyl (C=O) groups excluding carboxylic acids is 1. The van der Waals surface area contributed by atoms with Crippen molar-refractivity contribution in [2.45, 2.75) is 6.92 Å². The van der Waals surface area contributed by atoms with Gasteiger partial charge in [0.2, 0.25) is 0 Å². The number of anilines is 2. The van der Waals surface area contributed by atoms with Crippen molar-refractivity contribution in [3.8, 4) is 23.0 Å². The number of hydrogen-bond acceptors (Lipinski definition) is 5. The van der Waals surface area contributed by atoms with Crippen molar-refractivity contribution in [3.05, 3.63) is 72.3 Å². The molecule has 0 amide bonds. The Morgan fingerprint density at radius 3 is 1.41 bits per heavy atom. The molecule has 27 heavy (non-hydrogen) atoms. The molecule has 0 radical (unpaired) electrons. The highest BCUT2D eigenvalue weighted by Gasteiger charge is 2.09. The standard InChI is InChI=1S/C22H22N2O3/c1-15(25)16-12-21(26-19-8-4-17(23-2)5-9-19)14-22(13-16)27-20-10-6-18(24-3)7-11-20/h4-14,23-24H,1-3H3. The molecule has 3 aromatic carbocycles. The molecule has 0 saturated carbocycles.